The first-order valence-electron chi connectivity index (χ1n) is 3.46. The molecule has 4 nitrogen and oxygen atoms in total. The zero-order chi connectivity index (χ0) is 8.27. The van der Waals surface area contributed by atoms with Crippen LogP contribution in [0.25, 0.3) is 0 Å². The summed E-state index contributed by atoms with van der Waals surface area (Å²) in [5, 5.41) is 0. The van der Waals surface area contributed by atoms with Crippen molar-refractivity contribution in [2.75, 3.05) is 0 Å². The van der Waals surface area contributed by atoms with Crippen LogP contribution in [0.4, 0.5) is 0 Å². The van der Waals surface area contributed by atoms with E-state index in [1.165, 1.54) is 0 Å². The number of allylic oxidation sites excluding steroid dienone is 3. The van der Waals surface area contributed by atoms with Crippen molar-refractivity contribution in [1.82, 2.24) is 5.43 Å². The van der Waals surface area contributed by atoms with Gasteiger partial charge in [0.1, 0.15) is 5.70 Å². The van der Waals surface area contributed by atoms with Gasteiger partial charge in [0.15, 0.2) is 0 Å². The van der Waals surface area contributed by atoms with Gasteiger partial charge in [-0.2, -0.15) is 0 Å². The Hall–Kier alpha value is -1.13. The number of amides is 1. The average Bonchev–Trinajstić information content (AvgIpc) is 2.05. The summed E-state index contributed by atoms with van der Waals surface area (Å²) in [6.07, 6.45) is 5.18. The van der Waals surface area contributed by atoms with Crippen molar-refractivity contribution in [3.05, 3.63) is 23.4 Å². The third-order valence-electron chi connectivity index (χ3n) is 1.66. The molecule has 0 aromatic heterocycles. The largest absolute Gasteiger partial charge is 0.329 e. The van der Waals surface area contributed by atoms with Crippen molar-refractivity contribution in [3.8, 4) is 0 Å². The molecular formula is C7H12N3O+. The average molecular weight is 154 g/mol. The van der Waals surface area contributed by atoms with Crippen molar-refractivity contribution < 1.29 is 10.5 Å². The van der Waals surface area contributed by atoms with Crippen LogP contribution in [0.3, 0.4) is 0 Å². The Kier molecular flexibility index (Phi) is 2.40. The van der Waals surface area contributed by atoms with E-state index in [2.05, 4.69) is 11.2 Å². The van der Waals surface area contributed by atoms with Crippen LogP contribution < -0.4 is 17.0 Å². The lowest BCUT2D eigenvalue weighted by Crippen LogP contribution is -2.48. The first-order valence-corrected chi connectivity index (χ1v) is 3.46. The Morgan fingerprint density at radius 3 is 2.73 bits per heavy atom. The molecule has 0 spiro atoms. The third kappa shape index (κ3) is 1.89. The van der Waals surface area contributed by atoms with E-state index >= 15 is 0 Å². The molecule has 0 radical (unpaired) electrons. The number of carbonyl (C=O) groups excluding carboxylic acids is 1. The van der Waals surface area contributed by atoms with Crippen LogP contribution in [0.15, 0.2) is 23.4 Å². The summed E-state index contributed by atoms with van der Waals surface area (Å²) < 4.78 is 0. The Balaban J connectivity index is 2.68. The lowest BCUT2D eigenvalue weighted by Gasteiger charge is -2.07. The van der Waals surface area contributed by atoms with Crippen molar-refractivity contribution >= 4 is 5.91 Å². The molecule has 60 valence electrons. The van der Waals surface area contributed by atoms with E-state index < -0.39 is 0 Å². The second-order valence-corrected chi connectivity index (χ2v) is 2.49. The molecule has 0 saturated carbocycles. The van der Waals surface area contributed by atoms with Gasteiger partial charge in [0.25, 0.3) is 5.91 Å². The highest BCUT2D eigenvalue weighted by Crippen LogP contribution is 2.13. The smallest absolute Gasteiger partial charge is 0.261 e. The highest BCUT2D eigenvalue weighted by molar-refractivity contribution is 5.93. The van der Waals surface area contributed by atoms with Gasteiger partial charge in [-0.1, -0.05) is 0 Å². The summed E-state index contributed by atoms with van der Waals surface area (Å²) in [7, 11) is 0. The van der Waals surface area contributed by atoms with Crippen molar-refractivity contribution in [3.63, 3.8) is 0 Å². The predicted octanol–water partition coefficient (Wildman–Crippen LogP) is -1.18. The second-order valence-electron chi connectivity index (χ2n) is 2.49. The molecule has 0 unspecified atom stereocenters. The fraction of sp³-hybridized carbons (Fsp3) is 0.286. The van der Waals surface area contributed by atoms with E-state index in [0.29, 0.717) is 0 Å². The minimum atomic E-state index is -0.200. The van der Waals surface area contributed by atoms with E-state index in [1.807, 2.05) is 6.08 Å². The van der Waals surface area contributed by atoms with Gasteiger partial charge in [0.05, 0.1) is 0 Å². The van der Waals surface area contributed by atoms with Crippen LogP contribution in [-0.4, -0.2) is 5.91 Å². The molecule has 11 heavy (non-hydrogen) atoms. The second kappa shape index (κ2) is 3.32. The Morgan fingerprint density at radius 2 is 2.27 bits per heavy atom. The number of rotatable bonds is 1. The molecule has 4 heteroatoms. The number of nitrogens with one attached hydrogen (secondary N) is 1. The monoisotopic (exact) mass is 154 g/mol. The van der Waals surface area contributed by atoms with Crippen molar-refractivity contribution in [2.24, 2.45) is 5.84 Å². The molecule has 0 aromatic rings. The minimum Gasteiger partial charge on any atom is -0.329 e. The third-order valence-corrected chi connectivity index (χ3v) is 1.66. The SMILES string of the molecule is NNC(=O)C1=CC=C([NH3+])CC1. The maximum Gasteiger partial charge on any atom is 0.261 e. The van der Waals surface area contributed by atoms with Crippen LogP contribution in [0.5, 0.6) is 0 Å². The summed E-state index contributed by atoms with van der Waals surface area (Å²) in [6.45, 7) is 0. The van der Waals surface area contributed by atoms with Crippen LogP contribution in [0.2, 0.25) is 0 Å². The van der Waals surface area contributed by atoms with Crippen LogP contribution in [0.1, 0.15) is 12.8 Å². The molecule has 1 aliphatic carbocycles. The van der Waals surface area contributed by atoms with Crippen molar-refractivity contribution in [2.45, 2.75) is 12.8 Å². The molecule has 0 saturated heterocycles. The highest BCUT2D eigenvalue weighted by atomic mass is 16.2. The lowest BCUT2D eigenvalue weighted by atomic mass is 10.0. The first-order chi connectivity index (χ1) is 5.24. The topological polar surface area (TPSA) is 82.8 Å². The molecule has 0 heterocycles. The molecule has 0 aliphatic heterocycles. The fourth-order valence-corrected chi connectivity index (χ4v) is 0.962. The Bertz CT molecular complexity index is 230. The first kappa shape index (κ1) is 7.97. The van der Waals surface area contributed by atoms with Crippen molar-refractivity contribution in [1.29, 1.82) is 0 Å². The lowest BCUT2D eigenvalue weighted by molar-refractivity contribution is -0.306. The molecule has 1 aliphatic rings. The Labute approximate surface area is 64.9 Å². The van der Waals surface area contributed by atoms with Gasteiger partial charge in [-0.15, -0.1) is 0 Å². The zero-order valence-electron chi connectivity index (χ0n) is 6.26. The number of hydrazine groups is 1. The maximum absolute atomic E-state index is 10.9. The normalized spacial score (nSPS) is 16.9. The zero-order valence-corrected chi connectivity index (χ0v) is 6.26. The van der Waals surface area contributed by atoms with Gasteiger partial charge in [0, 0.05) is 12.0 Å². The van der Waals surface area contributed by atoms with Gasteiger partial charge in [-0.05, 0) is 18.6 Å². The molecule has 0 fully saturated rings. The summed E-state index contributed by atoms with van der Waals surface area (Å²) in [5.74, 6) is 4.76. The maximum atomic E-state index is 10.9. The van der Waals surface area contributed by atoms with Gasteiger partial charge in [0.2, 0.25) is 0 Å². The van der Waals surface area contributed by atoms with E-state index in [1.54, 1.807) is 6.08 Å². The number of hydrogen-bond donors (Lipinski definition) is 3. The number of carbonyl (C=O) groups is 1. The molecule has 0 atom stereocenters. The predicted molar refractivity (Wildman–Crippen MR) is 40.6 cm³/mol. The van der Waals surface area contributed by atoms with E-state index in [4.69, 9.17) is 5.84 Å². The van der Waals surface area contributed by atoms with Gasteiger partial charge in [-0.3, -0.25) is 10.2 Å². The van der Waals surface area contributed by atoms with Gasteiger partial charge in [-0.25, -0.2) is 5.84 Å². The number of quaternary nitrogens is 1. The van der Waals surface area contributed by atoms with Crippen LogP contribution >= 0.6 is 0 Å². The highest BCUT2D eigenvalue weighted by Gasteiger charge is 2.11. The van der Waals surface area contributed by atoms with E-state index in [-0.39, 0.29) is 5.91 Å². The molecule has 0 bridgehead atoms. The molecule has 0 aromatic carbocycles. The van der Waals surface area contributed by atoms with E-state index in [9.17, 15) is 4.79 Å². The van der Waals surface area contributed by atoms with Crippen LogP contribution in [-0.2, 0) is 4.79 Å². The molecular weight excluding hydrogens is 142 g/mol. The van der Waals surface area contributed by atoms with E-state index in [0.717, 1.165) is 24.1 Å². The summed E-state index contributed by atoms with van der Waals surface area (Å²) in [5.41, 5.74) is 7.64. The summed E-state index contributed by atoms with van der Waals surface area (Å²) >= 11 is 0. The van der Waals surface area contributed by atoms with Gasteiger partial charge >= 0.3 is 0 Å². The fourth-order valence-electron chi connectivity index (χ4n) is 0.962. The molecule has 1 rings (SSSR count). The Morgan fingerprint density at radius 1 is 1.55 bits per heavy atom. The molecule has 6 N–H and O–H groups in total. The summed E-state index contributed by atoms with van der Waals surface area (Å²) in [6, 6.07) is 0. The number of nitrogens with two attached hydrogens (primary N) is 1. The van der Waals surface area contributed by atoms with Crippen LogP contribution in [0, 0.1) is 0 Å². The number of hydrogen-bond acceptors (Lipinski definition) is 2. The summed E-state index contributed by atoms with van der Waals surface area (Å²) in [4.78, 5) is 10.9. The standard InChI is InChI=1S/C7H11N3O/c8-6-3-1-5(2-4-6)7(11)10-9/h1,3H,2,4,8-9H2,(H,10,11)/p+1. The minimum absolute atomic E-state index is 0.200. The molecule has 1 amide bonds. The quantitative estimate of drug-likeness (QED) is 0.252. The van der Waals surface area contributed by atoms with Gasteiger partial charge < -0.3 is 5.73 Å².